The van der Waals surface area contributed by atoms with Crippen molar-refractivity contribution in [3.8, 4) is 22.5 Å². The number of fused-ring (bicyclic) bond motifs is 1. The topological polar surface area (TPSA) is 55.6 Å². The van der Waals surface area contributed by atoms with Crippen LogP contribution in [0.25, 0.3) is 33.4 Å². The average molecular weight is 436 g/mol. The molecular weight excluding hydrogens is 414 g/mol. The van der Waals surface area contributed by atoms with Gasteiger partial charge in [-0.1, -0.05) is 49.4 Å². The maximum atomic E-state index is 5.68. The SMILES string of the molecule is CCc1cccc(-c2nn(C(=S)Nc3ccccc3)cc2-c2ccnc3ccccc23)n1. The first-order valence-electron chi connectivity index (χ1n) is 10.5. The Bertz CT molecular complexity index is 1400. The molecular formula is C26H21N5S. The summed E-state index contributed by atoms with van der Waals surface area (Å²) in [7, 11) is 0. The van der Waals surface area contributed by atoms with Gasteiger partial charge in [-0.05, 0) is 60.6 Å². The van der Waals surface area contributed by atoms with E-state index in [9.17, 15) is 0 Å². The van der Waals surface area contributed by atoms with Crippen molar-refractivity contribution in [2.24, 2.45) is 0 Å². The Morgan fingerprint density at radius 3 is 2.56 bits per heavy atom. The van der Waals surface area contributed by atoms with E-state index in [2.05, 4.69) is 23.3 Å². The van der Waals surface area contributed by atoms with Gasteiger partial charge in [0.2, 0.25) is 0 Å². The van der Waals surface area contributed by atoms with Gasteiger partial charge in [0, 0.05) is 34.7 Å². The predicted molar refractivity (Wildman–Crippen MR) is 134 cm³/mol. The lowest BCUT2D eigenvalue weighted by Crippen LogP contribution is -2.19. The molecule has 5 aromatic rings. The molecule has 0 atom stereocenters. The molecule has 5 nitrogen and oxygen atoms in total. The maximum absolute atomic E-state index is 5.68. The highest BCUT2D eigenvalue weighted by Gasteiger charge is 2.18. The number of hydrogen-bond acceptors (Lipinski definition) is 4. The van der Waals surface area contributed by atoms with Crippen LogP contribution in [0.1, 0.15) is 12.6 Å². The summed E-state index contributed by atoms with van der Waals surface area (Å²) in [5, 5.41) is 9.68. The average Bonchev–Trinajstić information content (AvgIpc) is 3.30. The third-order valence-electron chi connectivity index (χ3n) is 5.30. The molecule has 0 saturated carbocycles. The van der Waals surface area contributed by atoms with Crippen LogP contribution >= 0.6 is 12.2 Å². The number of hydrogen-bond donors (Lipinski definition) is 1. The van der Waals surface area contributed by atoms with Crippen LogP contribution in [0.15, 0.2) is 91.3 Å². The molecule has 0 bridgehead atoms. The van der Waals surface area contributed by atoms with Crippen LogP contribution in [0.3, 0.4) is 0 Å². The molecule has 3 heterocycles. The number of para-hydroxylation sites is 2. The molecule has 6 heteroatoms. The van der Waals surface area contributed by atoms with E-state index in [-0.39, 0.29) is 0 Å². The number of pyridine rings is 2. The van der Waals surface area contributed by atoms with Gasteiger partial charge in [-0.15, -0.1) is 0 Å². The van der Waals surface area contributed by atoms with Crippen LogP contribution in [0.2, 0.25) is 0 Å². The minimum Gasteiger partial charge on any atom is -0.331 e. The molecule has 0 aliphatic heterocycles. The lowest BCUT2D eigenvalue weighted by atomic mass is 10.0. The molecule has 1 N–H and O–H groups in total. The quantitative estimate of drug-likeness (QED) is 0.353. The molecule has 32 heavy (non-hydrogen) atoms. The molecule has 0 amide bonds. The number of nitrogens with one attached hydrogen (secondary N) is 1. The normalized spacial score (nSPS) is 10.9. The van der Waals surface area contributed by atoms with Gasteiger partial charge in [0.05, 0.1) is 11.2 Å². The highest BCUT2D eigenvalue weighted by atomic mass is 32.1. The summed E-state index contributed by atoms with van der Waals surface area (Å²) >= 11 is 5.68. The maximum Gasteiger partial charge on any atom is 0.198 e. The van der Waals surface area contributed by atoms with Crippen LogP contribution in [0.4, 0.5) is 5.69 Å². The van der Waals surface area contributed by atoms with E-state index in [1.54, 1.807) is 4.68 Å². The minimum absolute atomic E-state index is 0.494. The first-order valence-corrected chi connectivity index (χ1v) is 10.9. The summed E-state index contributed by atoms with van der Waals surface area (Å²) in [6.07, 6.45) is 4.65. The van der Waals surface area contributed by atoms with E-state index in [0.29, 0.717) is 5.11 Å². The van der Waals surface area contributed by atoms with E-state index in [1.807, 2.05) is 85.2 Å². The van der Waals surface area contributed by atoms with Crippen molar-refractivity contribution in [1.82, 2.24) is 19.7 Å². The second-order valence-electron chi connectivity index (χ2n) is 7.38. The lowest BCUT2D eigenvalue weighted by Gasteiger charge is -2.07. The summed E-state index contributed by atoms with van der Waals surface area (Å²) < 4.78 is 1.71. The Labute approximate surface area is 191 Å². The zero-order valence-corrected chi connectivity index (χ0v) is 18.4. The predicted octanol–water partition coefficient (Wildman–Crippen LogP) is 5.97. The van der Waals surface area contributed by atoms with E-state index in [1.165, 1.54) is 0 Å². The van der Waals surface area contributed by atoms with Crippen LogP contribution in [0.5, 0.6) is 0 Å². The number of aryl methyl sites for hydroxylation is 1. The second kappa shape index (κ2) is 8.69. The van der Waals surface area contributed by atoms with Crippen LogP contribution in [-0.2, 0) is 6.42 Å². The number of thiocarbonyl (C=S) groups is 1. The van der Waals surface area contributed by atoms with Gasteiger partial charge in [0.15, 0.2) is 5.11 Å². The summed E-state index contributed by atoms with van der Waals surface area (Å²) in [5.41, 5.74) is 6.48. The molecule has 0 fully saturated rings. The Hall–Kier alpha value is -3.90. The summed E-state index contributed by atoms with van der Waals surface area (Å²) in [4.78, 5) is 9.34. The Morgan fingerprint density at radius 2 is 1.72 bits per heavy atom. The fourth-order valence-corrected chi connectivity index (χ4v) is 3.92. The third-order valence-corrected chi connectivity index (χ3v) is 5.59. The van der Waals surface area contributed by atoms with Crippen molar-refractivity contribution < 1.29 is 0 Å². The van der Waals surface area contributed by atoms with Gasteiger partial charge in [0.1, 0.15) is 5.69 Å². The van der Waals surface area contributed by atoms with E-state index >= 15 is 0 Å². The Morgan fingerprint density at radius 1 is 0.906 bits per heavy atom. The molecule has 0 aliphatic carbocycles. The van der Waals surface area contributed by atoms with E-state index < -0.39 is 0 Å². The van der Waals surface area contributed by atoms with Crippen molar-refractivity contribution in [2.75, 3.05) is 5.32 Å². The van der Waals surface area contributed by atoms with Crippen LogP contribution in [0, 0.1) is 0 Å². The summed E-state index contributed by atoms with van der Waals surface area (Å²) in [6.45, 7) is 2.10. The minimum atomic E-state index is 0.494. The molecule has 0 radical (unpaired) electrons. The molecule has 2 aromatic carbocycles. The largest absolute Gasteiger partial charge is 0.331 e. The van der Waals surface area contributed by atoms with Crippen molar-refractivity contribution in [2.45, 2.75) is 13.3 Å². The zero-order valence-electron chi connectivity index (χ0n) is 17.6. The van der Waals surface area contributed by atoms with E-state index in [4.69, 9.17) is 22.3 Å². The molecule has 156 valence electrons. The fourth-order valence-electron chi connectivity index (χ4n) is 3.71. The van der Waals surface area contributed by atoms with Crippen molar-refractivity contribution >= 4 is 33.9 Å². The smallest absolute Gasteiger partial charge is 0.198 e. The van der Waals surface area contributed by atoms with E-state index in [0.717, 1.165) is 51.2 Å². The highest BCUT2D eigenvalue weighted by molar-refractivity contribution is 7.80. The molecule has 0 spiro atoms. The monoisotopic (exact) mass is 435 g/mol. The van der Waals surface area contributed by atoms with Crippen molar-refractivity contribution in [3.05, 3.63) is 97.0 Å². The first kappa shape index (κ1) is 20.0. The van der Waals surface area contributed by atoms with Gasteiger partial charge >= 0.3 is 0 Å². The standard InChI is InChI=1S/C26H21N5S/c1-2-18-11-8-14-24(28-18)25-22(20-15-16-27-23-13-7-6-12-21(20)23)17-31(30-25)26(32)29-19-9-4-3-5-10-19/h3-17H,2H2,1H3,(H,29,32). The van der Waals surface area contributed by atoms with Crippen molar-refractivity contribution in [1.29, 1.82) is 0 Å². The van der Waals surface area contributed by atoms with Gasteiger partial charge in [-0.3, -0.25) is 9.97 Å². The second-order valence-corrected chi connectivity index (χ2v) is 7.76. The molecule has 0 aliphatic rings. The molecule has 0 saturated heterocycles. The number of aromatic nitrogens is 4. The van der Waals surface area contributed by atoms with Gasteiger partial charge in [0.25, 0.3) is 0 Å². The highest BCUT2D eigenvalue weighted by Crippen LogP contribution is 2.34. The van der Waals surface area contributed by atoms with Crippen LogP contribution < -0.4 is 5.32 Å². The van der Waals surface area contributed by atoms with Gasteiger partial charge in [-0.25, -0.2) is 4.68 Å². The molecule has 0 unspecified atom stereocenters. The number of benzene rings is 2. The fraction of sp³-hybridized carbons (Fsp3) is 0.0769. The number of nitrogens with zero attached hydrogens (tertiary/aromatic N) is 4. The Kier molecular flexibility index (Phi) is 5.44. The first-order chi connectivity index (χ1) is 15.7. The van der Waals surface area contributed by atoms with Crippen LogP contribution in [-0.4, -0.2) is 24.9 Å². The Balaban J connectivity index is 1.66. The summed E-state index contributed by atoms with van der Waals surface area (Å²) in [5.74, 6) is 0. The van der Waals surface area contributed by atoms with Gasteiger partial charge < -0.3 is 5.32 Å². The zero-order chi connectivity index (χ0) is 21.9. The summed E-state index contributed by atoms with van der Waals surface area (Å²) in [6, 6.07) is 26.0. The molecule has 3 aromatic heterocycles. The molecule has 5 rings (SSSR count). The number of anilines is 1. The van der Waals surface area contributed by atoms with Gasteiger partial charge in [-0.2, -0.15) is 5.10 Å². The third kappa shape index (κ3) is 3.88. The van der Waals surface area contributed by atoms with Crippen molar-refractivity contribution in [3.63, 3.8) is 0 Å². The number of rotatable bonds is 4. The lowest BCUT2D eigenvalue weighted by molar-refractivity contribution is 0.944.